The molecular formula is C45H38IrN2OSi-2. The Labute approximate surface area is 309 Å². The van der Waals surface area contributed by atoms with Crippen molar-refractivity contribution in [3.63, 3.8) is 0 Å². The van der Waals surface area contributed by atoms with E-state index >= 15 is 0 Å². The van der Waals surface area contributed by atoms with E-state index in [4.69, 9.17) is 4.42 Å². The van der Waals surface area contributed by atoms with E-state index < -0.39 is 8.07 Å². The van der Waals surface area contributed by atoms with E-state index in [-0.39, 0.29) is 26.0 Å². The molecule has 0 saturated carbocycles. The maximum Gasteiger partial charge on any atom is 0.124 e. The third-order valence-corrected chi connectivity index (χ3v) is 11.0. The molecule has 1 atom stereocenters. The van der Waals surface area contributed by atoms with Crippen LogP contribution in [-0.2, 0) is 20.1 Å². The summed E-state index contributed by atoms with van der Waals surface area (Å²) in [4.78, 5) is 9.16. The van der Waals surface area contributed by atoms with Crippen molar-refractivity contribution in [2.45, 2.75) is 32.5 Å². The average Bonchev–Trinajstić information content (AvgIpc) is 3.54. The van der Waals surface area contributed by atoms with E-state index in [2.05, 4.69) is 140 Å². The van der Waals surface area contributed by atoms with Crippen LogP contribution < -0.4 is 5.19 Å². The first-order valence-corrected chi connectivity index (χ1v) is 20.2. The number of hydrogen-bond acceptors (Lipinski definition) is 3. The molecule has 0 saturated heterocycles. The molecule has 0 aliphatic heterocycles. The molecule has 0 N–H and O–H groups in total. The molecule has 0 spiro atoms. The molecule has 5 aromatic carbocycles. The topological polar surface area (TPSA) is 38.9 Å². The monoisotopic (exact) mass is 843 g/mol. The number of fused-ring (bicyclic) bond motifs is 3. The predicted octanol–water partition coefficient (Wildman–Crippen LogP) is 11.4. The summed E-state index contributed by atoms with van der Waals surface area (Å²) in [6, 6.07) is 54.5. The van der Waals surface area contributed by atoms with Crippen LogP contribution in [0.4, 0.5) is 0 Å². The van der Waals surface area contributed by atoms with E-state index in [9.17, 15) is 0 Å². The van der Waals surface area contributed by atoms with Gasteiger partial charge in [-0.1, -0.05) is 129 Å². The van der Waals surface area contributed by atoms with Crippen LogP contribution in [0.15, 0.2) is 156 Å². The van der Waals surface area contributed by atoms with Crippen LogP contribution in [-0.4, -0.2) is 18.0 Å². The minimum Gasteiger partial charge on any atom is -0.476 e. The minimum atomic E-state index is -1.23. The van der Waals surface area contributed by atoms with Crippen LogP contribution >= 0.6 is 0 Å². The number of hydrogen-bond donors (Lipinski definition) is 0. The first kappa shape index (κ1) is 34.9. The van der Waals surface area contributed by atoms with E-state index in [1.807, 2.05) is 60.9 Å². The van der Waals surface area contributed by atoms with Crippen molar-refractivity contribution in [3.8, 4) is 33.6 Å². The van der Waals surface area contributed by atoms with Crippen molar-refractivity contribution in [3.05, 3.63) is 175 Å². The molecule has 1 radical (unpaired) electrons. The number of rotatable bonds is 6. The fourth-order valence-corrected chi connectivity index (χ4v) is 7.15. The molecule has 249 valence electrons. The summed E-state index contributed by atoms with van der Waals surface area (Å²) in [6.07, 6.45) is 3.90. The van der Waals surface area contributed by atoms with Gasteiger partial charge in [-0.3, -0.25) is 0 Å². The van der Waals surface area contributed by atoms with Crippen molar-refractivity contribution >= 4 is 35.2 Å². The first-order chi connectivity index (χ1) is 23.8. The van der Waals surface area contributed by atoms with Gasteiger partial charge >= 0.3 is 0 Å². The third kappa shape index (κ3) is 7.61. The standard InChI is InChI=1S/C31H22NO.C14H16NSi.Ir/c1-21(22-9-4-2-5-10-22)24-17-18-32-28(19-24)25-15-16-27-30(20-25)33-29-14-8-13-26(31(27)29)23-11-6-3-7-12-23;1-16(2,3)13-9-10-14(15-11-13)12-7-5-4-6-8-12;/h2-14,16-21H,1H3;4-7,9-11H,1-3H3;/q2*-1;. The zero-order valence-electron chi connectivity index (χ0n) is 28.6. The normalized spacial score (nSPS) is 11.8. The Bertz CT molecular complexity index is 2310. The van der Waals surface area contributed by atoms with Crippen LogP contribution in [0, 0.1) is 12.1 Å². The molecule has 0 bridgehead atoms. The van der Waals surface area contributed by atoms with Gasteiger partial charge in [0.15, 0.2) is 0 Å². The van der Waals surface area contributed by atoms with Crippen LogP contribution in [0.2, 0.25) is 19.6 Å². The Morgan fingerprint density at radius 3 is 2.10 bits per heavy atom. The first-order valence-electron chi connectivity index (χ1n) is 16.7. The molecule has 8 rings (SSSR count). The van der Waals surface area contributed by atoms with Crippen LogP contribution in [0.1, 0.15) is 24.0 Å². The molecular weight excluding hydrogens is 805 g/mol. The van der Waals surface area contributed by atoms with Gasteiger partial charge in [-0.15, -0.1) is 53.6 Å². The summed E-state index contributed by atoms with van der Waals surface area (Å²) in [7, 11) is -1.23. The van der Waals surface area contributed by atoms with Crippen LogP contribution in [0.25, 0.3) is 55.6 Å². The molecule has 50 heavy (non-hydrogen) atoms. The number of pyridine rings is 2. The van der Waals surface area contributed by atoms with Gasteiger partial charge < -0.3 is 14.4 Å². The summed E-state index contributed by atoms with van der Waals surface area (Å²) in [5.41, 5.74) is 10.5. The Morgan fingerprint density at radius 2 is 1.40 bits per heavy atom. The van der Waals surface area contributed by atoms with Crippen molar-refractivity contribution in [1.82, 2.24) is 9.97 Å². The Morgan fingerprint density at radius 1 is 0.640 bits per heavy atom. The molecule has 0 aliphatic rings. The van der Waals surface area contributed by atoms with E-state index in [0.29, 0.717) is 0 Å². The zero-order valence-corrected chi connectivity index (χ0v) is 32.0. The molecule has 5 heteroatoms. The minimum absolute atomic E-state index is 0. The van der Waals surface area contributed by atoms with E-state index in [1.54, 1.807) is 0 Å². The molecule has 1 unspecified atom stereocenters. The second-order valence-corrected chi connectivity index (χ2v) is 18.4. The average molecular weight is 843 g/mol. The quantitative estimate of drug-likeness (QED) is 0.124. The molecule has 3 heterocycles. The Balaban J connectivity index is 0.000000215. The predicted molar refractivity (Wildman–Crippen MR) is 207 cm³/mol. The van der Waals surface area contributed by atoms with E-state index in [1.165, 1.54) is 27.4 Å². The fourth-order valence-electron chi connectivity index (χ4n) is 6.12. The second kappa shape index (κ2) is 15.3. The largest absolute Gasteiger partial charge is 0.476 e. The number of nitrogens with zero attached hydrogens (tertiary/aromatic N) is 2. The van der Waals surface area contributed by atoms with Crippen LogP contribution in [0.3, 0.4) is 0 Å². The maximum atomic E-state index is 6.28. The van der Waals surface area contributed by atoms with Crippen LogP contribution in [0.5, 0.6) is 0 Å². The molecule has 3 aromatic heterocycles. The van der Waals surface area contributed by atoms with Crippen molar-refractivity contribution < 1.29 is 24.5 Å². The number of furan rings is 1. The summed E-state index contributed by atoms with van der Waals surface area (Å²) < 4.78 is 6.28. The third-order valence-electron chi connectivity index (χ3n) is 8.99. The second-order valence-electron chi connectivity index (χ2n) is 13.3. The SMILES string of the molecule is CC(c1ccccc1)c1ccnc(-c2[c-]cc3c(c2)oc2cccc(-c4ccccc4)c23)c1.C[Si](C)(C)c1ccc(-c2[c-]cccc2)nc1.[Ir]. The van der Waals surface area contributed by atoms with Crippen molar-refractivity contribution in [2.24, 2.45) is 0 Å². The summed E-state index contributed by atoms with van der Waals surface area (Å²) >= 11 is 0. The van der Waals surface area contributed by atoms with Gasteiger partial charge in [0.2, 0.25) is 0 Å². The number of aromatic nitrogens is 2. The van der Waals surface area contributed by atoms with Gasteiger partial charge in [0.05, 0.1) is 13.7 Å². The molecule has 3 nitrogen and oxygen atoms in total. The molecule has 0 aliphatic carbocycles. The van der Waals surface area contributed by atoms with Gasteiger partial charge in [0.25, 0.3) is 0 Å². The van der Waals surface area contributed by atoms with Gasteiger partial charge in [0, 0.05) is 38.4 Å². The van der Waals surface area contributed by atoms with Gasteiger partial charge in [-0.05, 0) is 56.3 Å². The Kier molecular flexibility index (Phi) is 10.7. The molecule has 0 fully saturated rings. The Hall–Kier alpha value is -4.93. The van der Waals surface area contributed by atoms with Gasteiger partial charge in [0.1, 0.15) is 5.58 Å². The van der Waals surface area contributed by atoms with Crippen molar-refractivity contribution in [2.75, 3.05) is 0 Å². The molecule has 8 aromatic rings. The smallest absolute Gasteiger partial charge is 0.124 e. The van der Waals surface area contributed by atoms with Gasteiger partial charge in [-0.2, -0.15) is 0 Å². The fraction of sp³-hybridized carbons (Fsp3) is 0.111. The zero-order chi connectivity index (χ0) is 33.8. The summed E-state index contributed by atoms with van der Waals surface area (Å²) in [5.74, 6) is 0.288. The van der Waals surface area contributed by atoms with Crippen molar-refractivity contribution in [1.29, 1.82) is 0 Å². The summed E-state index contributed by atoms with van der Waals surface area (Å²) in [5, 5.41) is 3.59. The number of benzene rings is 5. The summed E-state index contributed by atoms with van der Waals surface area (Å²) in [6.45, 7) is 9.22. The molecule has 0 amide bonds. The maximum absolute atomic E-state index is 6.28. The van der Waals surface area contributed by atoms with Gasteiger partial charge in [-0.25, -0.2) is 0 Å². The van der Waals surface area contributed by atoms with E-state index in [0.717, 1.165) is 44.5 Å².